The summed E-state index contributed by atoms with van der Waals surface area (Å²) in [5.41, 5.74) is 3.55. The van der Waals surface area contributed by atoms with Gasteiger partial charge in [0.25, 0.3) is 0 Å². The molecule has 1 heterocycles. The molecule has 2 aromatic carbocycles. The zero-order valence-corrected chi connectivity index (χ0v) is 17.9. The molecule has 29 heavy (non-hydrogen) atoms. The van der Waals surface area contributed by atoms with Crippen LogP contribution in [0, 0.1) is 6.92 Å². The molecule has 1 aliphatic heterocycles. The highest BCUT2D eigenvalue weighted by Gasteiger charge is 2.25. The van der Waals surface area contributed by atoms with Crippen LogP contribution in [0.1, 0.15) is 17.5 Å². The van der Waals surface area contributed by atoms with E-state index in [9.17, 15) is 0 Å². The Morgan fingerprint density at radius 3 is 2.69 bits per heavy atom. The summed E-state index contributed by atoms with van der Waals surface area (Å²) in [6.07, 6.45) is 1.98. The van der Waals surface area contributed by atoms with Crippen LogP contribution >= 0.6 is 0 Å². The maximum atomic E-state index is 5.51. The van der Waals surface area contributed by atoms with Crippen molar-refractivity contribution in [1.82, 2.24) is 10.6 Å². The van der Waals surface area contributed by atoms with Gasteiger partial charge in [0.05, 0.1) is 19.9 Å². The summed E-state index contributed by atoms with van der Waals surface area (Å²) in [7, 11) is 5.25. The number of hydrogen-bond acceptors (Lipinski definition) is 4. The highest BCUT2D eigenvalue weighted by molar-refractivity contribution is 5.80. The van der Waals surface area contributed by atoms with Crippen molar-refractivity contribution >= 4 is 11.6 Å². The van der Waals surface area contributed by atoms with Crippen LogP contribution in [0.25, 0.3) is 0 Å². The molecule has 156 valence electrons. The Kier molecular flexibility index (Phi) is 7.22. The lowest BCUT2D eigenvalue weighted by Gasteiger charge is -2.22. The average Bonchev–Trinajstić information content (AvgIpc) is 3.22. The monoisotopic (exact) mass is 396 g/mol. The molecular formula is C23H32N4O2. The Morgan fingerprint density at radius 2 is 1.93 bits per heavy atom. The van der Waals surface area contributed by atoms with Gasteiger partial charge in [0.15, 0.2) is 5.96 Å². The van der Waals surface area contributed by atoms with Gasteiger partial charge in [-0.25, -0.2) is 0 Å². The number of guanidine groups is 1. The van der Waals surface area contributed by atoms with E-state index in [1.807, 2.05) is 19.2 Å². The molecule has 0 aromatic heterocycles. The topological polar surface area (TPSA) is 58.1 Å². The first-order valence-electron chi connectivity index (χ1n) is 10.1. The van der Waals surface area contributed by atoms with Crippen molar-refractivity contribution in [3.05, 3.63) is 53.6 Å². The molecule has 6 nitrogen and oxygen atoms in total. The second kappa shape index (κ2) is 10.0. The molecule has 0 radical (unpaired) electrons. The van der Waals surface area contributed by atoms with E-state index in [2.05, 4.69) is 57.8 Å². The molecule has 1 aliphatic rings. The minimum atomic E-state index is 0.352. The zero-order chi connectivity index (χ0) is 20.6. The summed E-state index contributed by atoms with van der Waals surface area (Å²) >= 11 is 0. The van der Waals surface area contributed by atoms with E-state index in [-0.39, 0.29) is 0 Å². The molecule has 2 aromatic rings. The van der Waals surface area contributed by atoms with Gasteiger partial charge in [-0.3, -0.25) is 4.99 Å². The SMILES string of the molecule is CN=C(NCCc1ccc(C)c(OC)c1)NC1CCN(c2ccccc2OC)C1. The van der Waals surface area contributed by atoms with E-state index in [1.165, 1.54) is 5.56 Å². The lowest BCUT2D eigenvalue weighted by atomic mass is 10.1. The van der Waals surface area contributed by atoms with E-state index in [0.29, 0.717) is 6.04 Å². The third-order valence-corrected chi connectivity index (χ3v) is 5.36. The number of rotatable bonds is 7. The molecule has 1 unspecified atom stereocenters. The van der Waals surface area contributed by atoms with Crippen LogP contribution in [0.2, 0.25) is 0 Å². The molecule has 0 saturated carbocycles. The molecule has 3 rings (SSSR count). The molecule has 0 amide bonds. The van der Waals surface area contributed by atoms with Crippen molar-refractivity contribution < 1.29 is 9.47 Å². The Hall–Kier alpha value is -2.89. The van der Waals surface area contributed by atoms with Gasteiger partial charge in [0.2, 0.25) is 0 Å². The van der Waals surface area contributed by atoms with Crippen molar-refractivity contribution in [2.24, 2.45) is 4.99 Å². The molecule has 0 aliphatic carbocycles. The van der Waals surface area contributed by atoms with Crippen molar-refractivity contribution in [3.63, 3.8) is 0 Å². The summed E-state index contributed by atoms with van der Waals surface area (Å²) in [5, 5.41) is 6.98. The second-order valence-electron chi connectivity index (χ2n) is 7.30. The number of anilines is 1. The summed E-state index contributed by atoms with van der Waals surface area (Å²) in [6, 6.07) is 14.9. The Balaban J connectivity index is 1.49. The minimum absolute atomic E-state index is 0.352. The molecule has 0 spiro atoms. The summed E-state index contributed by atoms with van der Waals surface area (Å²) in [6.45, 7) is 4.80. The predicted octanol–water partition coefficient (Wildman–Crippen LogP) is 3.00. The number of nitrogens with one attached hydrogen (secondary N) is 2. The number of nitrogens with zero attached hydrogens (tertiary/aromatic N) is 2. The number of benzene rings is 2. The van der Waals surface area contributed by atoms with Crippen molar-refractivity contribution in [2.45, 2.75) is 25.8 Å². The van der Waals surface area contributed by atoms with Gasteiger partial charge in [-0.2, -0.15) is 0 Å². The van der Waals surface area contributed by atoms with Crippen molar-refractivity contribution in [1.29, 1.82) is 0 Å². The highest BCUT2D eigenvalue weighted by atomic mass is 16.5. The number of aliphatic imine (C=N–C) groups is 1. The van der Waals surface area contributed by atoms with Crippen LogP contribution in [0.4, 0.5) is 5.69 Å². The van der Waals surface area contributed by atoms with Gasteiger partial charge in [-0.05, 0) is 49.1 Å². The summed E-state index contributed by atoms with van der Waals surface area (Å²) in [4.78, 5) is 6.75. The van der Waals surface area contributed by atoms with Gasteiger partial charge in [0.1, 0.15) is 11.5 Å². The van der Waals surface area contributed by atoms with Gasteiger partial charge in [-0.15, -0.1) is 0 Å². The van der Waals surface area contributed by atoms with Crippen LogP contribution in [-0.4, -0.2) is 52.9 Å². The normalized spacial score (nSPS) is 16.6. The van der Waals surface area contributed by atoms with Crippen molar-refractivity contribution in [3.8, 4) is 11.5 Å². The van der Waals surface area contributed by atoms with Gasteiger partial charge in [0, 0.05) is 32.7 Å². The molecular weight excluding hydrogens is 364 g/mol. The van der Waals surface area contributed by atoms with E-state index < -0.39 is 0 Å². The quantitative estimate of drug-likeness (QED) is 0.557. The van der Waals surface area contributed by atoms with Crippen LogP contribution in [0.3, 0.4) is 0 Å². The third kappa shape index (κ3) is 5.34. The Labute approximate surface area is 173 Å². The van der Waals surface area contributed by atoms with Gasteiger partial charge in [-0.1, -0.05) is 24.3 Å². The fourth-order valence-corrected chi connectivity index (χ4v) is 3.72. The van der Waals surface area contributed by atoms with Gasteiger partial charge < -0.3 is 25.0 Å². The molecule has 1 fully saturated rings. The zero-order valence-electron chi connectivity index (χ0n) is 17.9. The van der Waals surface area contributed by atoms with E-state index in [0.717, 1.165) is 61.2 Å². The molecule has 1 saturated heterocycles. The van der Waals surface area contributed by atoms with E-state index >= 15 is 0 Å². The first-order valence-corrected chi connectivity index (χ1v) is 10.1. The average molecular weight is 397 g/mol. The van der Waals surface area contributed by atoms with Crippen LogP contribution < -0.4 is 25.0 Å². The van der Waals surface area contributed by atoms with E-state index in [4.69, 9.17) is 9.47 Å². The predicted molar refractivity (Wildman–Crippen MR) is 120 cm³/mol. The standard InChI is InChI=1S/C23H32N4O2/c1-17-9-10-18(15-22(17)29-4)11-13-25-23(24-2)26-19-12-14-27(16-19)20-7-5-6-8-21(20)28-3/h5-10,15,19H,11-14,16H2,1-4H3,(H2,24,25,26). The van der Waals surface area contributed by atoms with Crippen LogP contribution in [0.15, 0.2) is 47.5 Å². The number of methoxy groups -OCH3 is 2. The Bertz CT molecular complexity index is 837. The minimum Gasteiger partial charge on any atom is -0.496 e. The number of aryl methyl sites for hydroxylation is 1. The Morgan fingerprint density at radius 1 is 1.14 bits per heavy atom. The van der Waals surface area contributed by atoms with Crippen LogP contribution in [0.5, 0.6) is 11.5 Å². The second-order valence-corrected chi connectivity index (χ2v) is 7.30. The van der Waals surface area contributed by atoms with E-state index in [1.54, 1.807) is 14.2 Å². The fourth-order valence-electron chi connectivity index (χ4n) is 3.72. The highest BCUT2D eigenvalue weighted by Crippen LogP contribution is 2.30. The largest absolute Gasteiger partial charge is 0.496 e. The first-order chi connectivity index (χ1) is 14.1. The van der Waals surface area contributed by atoms with Crippen LogP contribution in [-0.2, 0) is 6.42 Å². The fraction of sp³-hybridized carbons (Fsp3) is 0.435. The lowest BCUT2D eigenvalue weighted by molar-refractivity contribution is 0.411. The number of hydrogen-bond donors (Lipinski definition) is 2. The maximum absolute atomic E-state index is 5.51. The number of ether oxygens (including phenoxy) is 2. The lowest BCUT2D eigenvalue weighted by Crippen LogP contribution is -2.45. The third-order valence-electron chi connectivity index (χ3n) is 5.36. The van der Waals surface area contributed by atoms with Gasteiger partial charge >= 0.3 is 0 Å². The first kappa shape index (κ1) is 20.8. The molecule has 1 atom stereocenters. The molecule has 6 heteroatoms. The summed E-state index contributed by atoms with van der Waals surface area (Å²) in [5.74, 6) is 2.70. The molecule has 0 bridgehead atoms. The smallest absolute Gasteiger partial charge is 0.191 e. The molecule has 2 N–H and O–H groups in total. The number of para-hydroxylation sites is 2. The van der Waals surface area contributed by atoms with Crippen molar-refractivity contribution in [2.75, 3.05) is 45.8 Å². The maximum Gasteiger partial charge on any atom is 0.191 e. The summed E-state index contributed by atoms with van der Waals surface area (Å²) < 4.78 is 10.9.